The van der Waals surface area contributed by atoms with Crippen molar-refractivity contribution in [3.05, 3.63) is 237 Å². The second kappa shape index (κ2) is 54.8. The van der Waals surface area contributed by atoms with Gasteiger partial charge in [0, 0.05) is 0 Å². The number of aryl methyl sites for hydroxylation is 2. The molecule has 2 aliphatic carbocycles. The fourth-order valence-corrected chi connectivity index (χ4v) is 10.6. The highest BCUT2D eigenvalue weighted by molar-refractivity contribution is 6.07. The van der Waals surface area contributed by atoms with Gasteiger partial charge in [0.05, 0.1) is 42.7 Å². The molecule has 0 heterocycles. The zero-order chi connectivity index (χ0) is 73.2. The van der Waals surface area contributed by atoms with Gasteiger partial charge in [0.1, 0.15) is 0 Å². The van der Waals surface area contributed by atoms with Crippen molar-refractivity contribution in [3.63, 3.8) is 0 Å². The van der Waals surface area contributed by atoms with Crippen molar-refractivity contribution >= 4 is 21.5 Å². The molecule has 10 rings (SSSR count). The molecule has 0 bridgehead atoms. The minimum atomic E-state index is 0.267. The lowest BCUT2D eigenvalue weighted by molar-refractivity contribution is -0.215. The first-order valence-corrected chi connectivity index (χ1v) is 34.2. The van der Waals surface area contributed by atoms with Crippen LogP contribution in [0.25, 0.3) is 21.5 Å². The number of hydrogen-bond acceptors (Lipinski definition) is 12. The van der Waals surface area contributed by atoms with Crippen LogP contribution in [0.4, 0.5) is 0 Å². The maximum Gasteiger partial charge on any atom is 0.0710 e. The summed E-state index contributed by atoms with van der Waals surface area (Å²) in [5.74, 6) is 6.05. The average molecular weight is 1330 g/mol. The fourth-order valence-electron chi connectivity index (χ4n) is 10.6. The summed E-state index contributed by atoms with van der Waals surface area (Å²) < 4.78 is 0. The predicted molar refractivity (Wildman–Crippen MR) is 406 cm³/mol. The Bertz CT molecular complexity index is 3110. The molecule has 8 unspecified atom stereocenters. The van der Waals surface area contributed by atoms with Crippen LogP contribution in [0.2, 0.25) is 0 Å². The molecule has 8 aromatic carbocycles. The molecule has 8 aromatic rings. The van der Waals surface area contributed by atoms with Crippen molar-refractivity contribution in [3.8, 4) is 0 Å². The average Bonchev–Trinajstić information content (AvgIpc) is 0.907. The summed E-state index contributed by atoms with van der Waals surface area (Å²) in [7, 11) is 7.08. The highest BCUT2D eigenvalue weighted by Crippen LogP contribution is 2.37. The van der Waals surface area contributed by atoms with Crippen LogP contribution in [-0.2, 0) is 60.4 Å². The van der Waals surface area contributed by atoms with E-state index in [4.69, 9.17) is 31.5 Å². The van der Waals surface area contributed by atoms with Crippen molar-refractivity contribution in [1.82, 2.24) is 0 Å². The van der Waals surface area contributed by atoms with E-state index in [0.29, 0.717) is 23.7 Å². The highest BCUT2D eigenvalue weighted by Gasteiger charge is 2.25. The first kappa shape index (κ1) is 91.9. The van der Waals surface area contributed by atoms with E-state index >= 15 is 0 Å². The summed E-state index contributed by atoms with van der Waals surface area (Å²) >= 11 is 0. The molecular weight excluding hydrogens is 1200 g/mol. The van der Waals surface area contributed by atoms with Gasteiger partial charge in [0.15, 0.2) is 0 Å². The van der Waals surface area contributed by atoms with Crippen LogP contribution in [0.3, 0.4) is 0 Å². The van der Waals surface area contributed by atoms with E-state index < -0.39 is 0 Å². The van der Waals surface area contributed by atoms with Crippen molar-refractivity contribution in [2.75, 3.05) is 42.7 Å². The van der Waals surface area contributed by atoms with Crippen molar-refractivity contribution in [1.29, 1.82) is 0 Å². The molecule has 0 radical (unpaired) electrons. The molecule has 0 spiro atoms. The standard InChI is InChI=1S/C18H18.C14H22.C12H16.C12H18.C11H14.C11H16.6CH4O2/c1-3-13(2)16-11-10-15-9-8-14-6-4-5-7-17(14)18(15)12-16;1-6-11(2)12-8-7-9-13(10-12)14(3,4)5;1-9-7-11-5-3-4-6-12(11)8-10(9)2;1-4-10(3)12-8-6-7-11(5-2)9-12;1-8-7-10-5-3-4-6-11(10)9(8)2;1-4-10(3)11-7-5-9(2)6-8-11;6*1-3-2/h4-13H,3H2,1-2H3;7-11H,6H2,1-5H3;3-6,9-10H,7-8H2,1-2H3;6-10H,4-5H2,1-3H3;3-6,8-9H,7H2,1-2H3;5-8,10H,4H2,1-3H3;6*2H,1H3. The van der Waals surface area contributed by atoms with Crippen LogP contribution >= 0.6 is 0 Å². The van der Waals surface area contributed by atoms with Gasteiger partial charge < -0.3 is 0 Å². The first-order valence-electron chi connectivity index (χ1n) is 34.2. The number of rotatable bonds is 9. The van der Waals surface area contributed by atoms with Crippen LogP contribution in [0.15, 0.2) is 176 Å². The molecule has 0 saturated carbocycles. The van der Waals surface area contributed by atoms with Gasteiger partial charge in [0.2, 0.25) is 0 Å². The zero-order valence-electron chi connectivity index (χ0n) is 63.2. The lowest BCUT2D eigenvalue weighted by Crippen LogP contribution is -2.20. The summed E-state index contributed by atoms with van der Waals surface area (Å²) in [6.45, 7) is 38.6. The van der Waals surface area contributed by atoms with Gasteiger partial charge in [-0.15, -0.1) is 0 Å². The Hall–Kier alpha value is -6.20. The lowest BCUT2D eigenvalue weighted by atomic mass is 9.78. The lowest BCUT2D eigenvalue weighted by Gasteiger charge is -2.27. The van der Waals surface area contributed by atoms with Gasteiger partial charge in [-0.25, -0.2) is 29.3 Å². The Morgan fingerprint density at radius 1 is 0.375 bits per heavy atom. The molecule has 96 heavy (non-hydrogen) atoms. The van der Waals surface area contributed by atoms with E-state index in [9.17, 15) is 0 Å². The maximum atomic E-state index is 7.07. The molecule has 0 aromatic heterocycles. The SMILES string of the molecule is CC1Cc2ccccc2C1C.CC1Cc2ccccc2CC1C.CCC(C)c1ccc(C)cc1.CCC(C)c1ccc2ccc3ccccc3c2c1.CCC(C)c1cccc(C(C)(C)C)c1.CCc1cccc(C(C)CC)c1.COO.COO.COO.COO.COO.COO. The monoisotopic (exact) mass is 1330 g/mol. The van der Waals surface area contributed by atoms with Gasteiger partial charge >= 0.3 is 0 Å². The highest BCUT2D eigenvalue weighted by atomic mass is 17.1. The molecule has 0 aliphatic heterocycles. The molecule has 0 fully saturated rings. The Morgan fingerprint density at radius 2 is 0.729 bits per heavy atom. The van der Waals surface area contributed by atoms with Gasteiger partial charge in [-0.2, -0.15) is 0 Å². The van der Waals surface area contributed by atoms with Crippen molar-refractivity contribution < 1.29 is 60.9 Å². The predicted octanol–water partition coefficient (Wildman–Crippen LogP) is 23.9. The Kier molecular flexibility index (Phi) is 52.4. The fraction of sp³-hybridized carbons (Fsp3) is 0.476. The summed E-state index contributed by atoms with van der Waals surface area (Å²) in [5, 5.41) is 47.8. The van der Waals surface area contributed by atoms with Gasteiger partial charge in [0.25, 0.3) is 0 Å². The minimum absolute atomic E-state index is 0.267. The first-order chi connectivity index (χ1) is 45.8. The molecule has 8 atom stereocenters. The van der Waals surface area contributed by atoms with Crippen LogP contribution in [0.5, 0.6) is 0 Å². The molecule has 536 valence electrons. The van der Waals surface area contributed by atoms with Gasteiger partial charge in [-0.3, -0.25) is 31.5 Å². The molecule has 6 N–H and O–H groups in total. The Labute approximate surface area is 581 Å². The zero-order valence-corrected chi connectivity index (χ0v) is 63.2. The van der Waals surface area contributed by atoms with E-state index in [0.717, 1.165) is 30.1 Å². The topological polar surface area (TPSA) is 177 Å². The third-order valence-electron chi connectivity index (χ3n) is 17.8. The largest absolute Gasteiger partial charge is 0.252 e. The van der Waals surface area contributed by atoms with Crippen molar-refractivity contribution in [2.45, 2.75) is 204 Å². The van der Waals surface area contributed by atoms with E-state index in [1.165, 1.54) is 148 Å². The second-order valence-electron chi connectivity index (χ2n) is 25.8. The molecular formula is C84H128O12. The molecule has 12 nitrogen and oxygen atoms in total. The molecule has 0 amide bonds. The third kappa shape index (κ3) is 36.4. The van der Waals surface area contributed by atoms with Crippen molar-refractivity contribution in [2.24, 2.45) is 17.8 Å². The summed E-state index contributed by atoms with van der Waals surface area (Å²) in [4.78, 5) is 19.5. The second-order valence-corrected chi connectivity index (χ2v) is 25.8. The normalized spacial score (nSPS) is 15.5. The smallest absolute Gasteiger partial charge is 0.0710 e. The summed E-state index contributed by atoms with van der Waals surface area (Å²) in [6, 6.07) is 64.4. The number of hydrogen-bond donors (Lipinski definition) is 6. The van der Waals surface area contributed by atoms with E-state index in [1.807, 2.05) is 0 Å². The van der Waals surface area contributed by atoms with Crippen LogP contribution < -0.4 is 0 Å². The number of benzene rings is 8. The molecule has 12 heteroatoms. The van der Waals surface area contributed by atoms with E-state index in [-0.39, 0.29) is 5.41 Å². The molecule has 0 saturated heterocycles. The Morgan fingerprint density at radius 3 is 1.17 bits per heavy atom. The third-order valence-corrected chi connectivity index (χ3v) is 17.8. The van der Waals surface area contributed by atoms with E-state index in [1.54, 1.807) is 22.3 Å². The minimum Gasteiger partial charge on any atom is -0.252 e. The number of fused-ring (bicyclic) bond motifs is 5. The Balaban J connectivity index is 0. The quantitative estimate of drug-likeness (QED) is 0.0459. The van der Waals surface area contributed by atoms with E-state index in [2.05, 4.69) is 323 Å². The van der Waals surface area contributed by atoms with Crippen LogP contribution in [-0.4, -0.2) is 74.2 Å². The van der Waals surface area contributed by atoms with Crippen LogP contribution in [0, 0.1) is 24.7 Å². The summed E-state index contributed by atoms with van der Waals surface area (Å²) in [5.41, 5.74) is 16.6. The van der Waals surface area contributed by atoms with Gasteiger partial charge in [-0.05, 0) is 188 Å². The van der Waals surface area contributed by atoms with Crippen LogP contribution in [0.1, 0.15) is 227 Å². The van der Waals surface area contributed by atoms with Gasteiger partial charge in [-0.1, -0.05) is 292 Å². The molecule has 2 aliphatic rings. The maximum absolute atomic E-state index is 7.07. The summed E-state index contributed by atoms with van der Waals surface area (Å²) in [6.07, 6.45) is 9.83.